The first-order valence-electron chi connectivity index (χ1n) is 6.20. The summed E-state index contributed by atoms with van der Waals surface area (Å²) in [5.74, 6) is 0. The molecule has 0 heterocycles. The predicted molar refractivity (Wildman–Crippen MR) is 71.3 cm³/mol. The van der Waals surface area contributed by atoms with E-state index in [1.807, 2.05) is 0 Å². The summed E-state index contributed by atoms with van der Waals surface area (Å²) in [5.41, 5.74) is 0. The van der Waals surface area contributed by atoms with Gasteiger partial charge in [0.25, 0.3) is 0 Å². The molecule has 0 saturated heterocycles. The second kappa shape index (κ2) is 13.9. The van der Waals surface area contributed by atoms with Gasteiger partial charge in [0.15, 0.2) is 0 Å². The molecule has 2 aliphatic rings. The Morgan fingerprint density at radius 3 is 1.20 bits per heavy atom. The maximum atomic E-state index is 9.97. The molecule has 2 unspecified atom stereocenters. The minimum absolute atomic E-state index is 0. The SMILES string of the molecule is O.O=[P+]([O-])OC1CCCC1.O=[P+]([O-])OC1CCCC1.[Ca+2]. The van der Waals surface area contributed by atoms with Crippen molar-refractivity contribution in [1.82, 2.24) is 0 Å². The second-order valence-corrected chi connectivity index (χ2v) is 5.79. The first-order valence-corrected chi connectivity index (χ1v) is 8.39. The first-order chi connectivity index (χ1) is 8.58. The van der Waals surface area contributed by atoms with Crippen molar-refractivity contribution >= 4 is 54.2 Å². The zero-order valence-corrected chi connectivity index (χ0v) is 15.4. The molecular weight excluding hydrogens is 334 g/mol. The van der Waals surface area contributed by atoms with Crippen molar-refractivity contribution < 1.29 is 33.4 Å². The maximum absolute atomic E-state index is 9.97. The van der Waals surface area contributed by atoms with Crippen molar-refractivity contribution in [3.05, 3.63) is 0 Å². The first kappa shape index (κ1) is 23.5. The summed E-state index contributed by atoms with van der Waals surface area (Å²) in [4.78, 5) is 19.9. The molecule has 0 aromatic heterocycles. The van der Waals surface area contributed by atoms with E-state index >= 15 is 0 Å². The Balaban J connectivity index is 0. The average Bonchev–Trinajstić information content (AvgIpc) is 2.90. The van der Waals surface area contributed by atoms with Crippen LogP contribution in [0, 0.1) is 0 Å². The monoisotopic (exact) mass is 354 g/mol. The molecule has 2 fully saturated rings. The summed E-state index contributed by atoms with van der Waals surface area (Å²) in [7, 11) is -5.22. The van der Waals surface area contributed by atoms with E-state index in [0.717, 1.165) is 51.4 Å². The number of hydrogen-bond acceptors (Lipinski definition) is 6. The standard InChI is InChI=1S/2C5H9O3P.Ca.H2O/c2*6-9(7)8-5-3-1-2-4-5;;/h2*5H,1-4H2;;1H2/q;;+2;. The van der Waals surface area contributed by atoms with Crippen molar-refractivity contribution in [1.29, 1.82) is 0 Å². The molecule has 10 heteroatoms. The van der Waals surface area contributed by atoms with Crippen molar-refractivity contribution in [3.63, 3.8) is 0 Å². The zero-order chi connectivity index (χ0) is 13.4. The average molecular weight is 354 g/mol. The Hall–Kier alpha value is 1.26. The molecule has 0 aliphatic heterocycles. The molecule has 0 spiro atoms. The van der Waals surface area contributed by atoms with Gasteiger partial charge < -0.3 is 15.3 Å². The van der Waals surface area contributed by atoms with Gasteiger partial charge in [-0.3, -0.25) is 0 Å². The summed E-state index contributed by atoms with van der Waals surface area (Å²) < 4.78 is 29.1. The van der Waals surface area contributed by atoms with Gasteiger partial charge in [-0.05, 0) is 34.8 Å². The van der Waals surface area contributed by atoms with Crippen LogP contribution in [-0.4, -0.2) is 55.4 Å². The fraction of sp³-hybridized carbons (Fsp3) is 1.00. The van der Waals surface area contributed by atoms with E-state index in [2.05, 4.69) is 9.05 Å². The third kappa shape index (κ3) is 11.9. The molecule has 0 aromatic rings. The van der Waals surface area contributed by atoms with Gasteiger partial charge in [-0.1, -0.05) is 25.7 Å². The Kier molecular flexibility index (Phi) is 16.3. The van der Waals surface area contributed by atoms with Crippen LogP contribution in [0.25, 0.3) is 0 Å². The van der Waals surface area contributed by atoms with Crippen LogP contribution in [0.5, 0.6) is 0 Å². The zero-order valence-electron chi connectivity index (χ0n) is 11.4. The molecule has 2 atom stereocenters. The summed E-state index contributed by atoms with van der Waals surface area (Å²) >= 11 is 0. The van der Waals surface area contributed by atoms with Gasteiger partial charge in [0.2, 0.25) is 0 Å². The molecule has 0 aromatic carbocycles. The van der Waals surface area contributed by atoms with E-state index in [4.69, 9.17) is 0 Å². The topological polar surface area (TPSA) is 130 Å². The maximum Gasteiger partial charge on any atom is 2.00 e. The molecule has 20 heavy (non-hydrogen) atoms. The third-order valence-corrected chi connectivity index (χ3v) is 4.02. The largest absolute Gasteiger partial charge is 2.00 e. The molecule has 2 aliphatic carbocycles. The van der Waals surface area contributed by atoms with Gasteiger partial charge in [0.1, 0.15) is 12.2 Å². The quantitative estimate of drug-likeness (QED) is 0.540. The van der Waals surface area contributed by atoms with Crippen LogP contribution < -0.4 is 9.79 Å². The summed E-state index contributed by atoms with van der Waals surface area (Å²) in [6, 6.07) is 0. The molecule has 7 nitrogen and oxygen atoms in total. The predicted octanol–water partition coefficient (Wildman–Crippen LogP) is 0.721. The Morgan fingerprint density at radius 1 is 0.750 bits per heavy atom. The fourth-order valence-corrected chi connectivity index (χ4v) is 3.14. The van der Waals surface area contributed by atoms with E-state index in [-0.39, 0.29) is 55.4 Å². The van der Waals surface area contributed by atoms with E-state index < -0.39 is 16.5 Å². The van der Waals surface area contributed by atoms with Crippen molar-refractivity contribution in [3.8, 4) is 0 Å². The van der Waals surface area contributed by atoms with E-state index in [9.17, 15) is 18.9 Å². The summed E-state index contributed by atoms with van der Waals surface area (Å²) in [6.45, 7) is 0. The van der Waals surface area contributed by atoms with Gasteiger partial charge in [-0.25, -0.2) is 0 Å². The molecule has 0 amide bonds. The molecular formula is C10H20CaO7P2+2. The van der Waals surface area contributed by atoms with Gasteiger partial charge in [-0.2, -0.15) is 0 Å². The molecule has 2 saturated carbocycles. The number of hydrogen-bond donors (Lipinski definition) is 0. The Morgan fingerprint density at radius 2 is 1.00 bits per heavy atom. The number of rotatable bonds is 4. The van der Waals surface area contributed by atoms with Crippen LogP contribution >= 0.6 is 16.5 Å². The van der Waals surface area contributed by atoms with Gasteiger partial charge in [0.05, 0.1) is 0 Å². The molecule has 0 radical (unpaired) electrons. The summed E-state index contributed by atoms with van der Waals surface area (Å²) in [5, 5.41) is 0. The normalized spacial score (nSPS) is 20.3. The van der Waals surface area contributed by atoms with Crippen LogP contribution in [0.15, 0.2) is 0 Å². The van der Waals surface area contributed by atoms with Gasteiger partial charge >= 0.3 is 54.2 Å². The van der Waals surface area contributed by atoms with E-state index in [1.165, 1.54) is 0 Å². The third-order valence-electron chi connectivity index (χ3n) is 3.07. The summed E-state index contributed by atoms with van der Waals surface area (Å²) in [6.07, 6.45) is 8.03. The molecule has 0 bridgehead atoms. The van der Waals surface area contributed by atoms with Crippen LogP contribution in [-0.2, 0) is 18.2 Å². The second-order valence-electron chi connectivity index (χ2n) is 4.47. The minimum atomic E-state index is -2.61. The van der Waals surface area contributed by atoms with Crippen molar-refractivity contribution in [2.24, 2.45) is 0 Å². The Labute approximate surface area is 150 Å². The van der Waals surface area contributed by atoms with Crippen LogP contribution in [0.3, 0.4) is 0 Å². The van der Waals surface area contributed by atoms with Crippen LogP contribution in [0.2, 0.25) is 0 Å². The van der Waals surface area contributed by atoms with Crippen LogP contribution in [0.4, 0.5) is 0 Å². The van der Waals surface area contributed by atoms with Crippen molar-refractivity contribution in [2.45, 2.75) is 63.6 Å². The van der Waals surface area contributed by atoms with Crippen molar-refractivity contribution in [2.75, 3.05) is 0 Å². The smallest absolute Gasteiger partial charge is 0.566 e. The van der Waals surface area contributed by atoms with E-state index in [0.29, 0.717) is 0 Å². The molecule has 112 valence electrons. The molecule has 2 N–H and O–H groups in total. The fourth-order valence-electron chi connectivity index (χ4n) is 2.23. The molecule has 2 rings (SSSR count). The Bertz CT molecular complexity index is 253. The van der Waals surface area contributed by atoms with E-state index in [1.54, 1.807) is 0 Å². The minimum Gasteiger partial charge on any atom is -0.566 e. The van der Waals surface area contributed by atoms with Gasteiger partial charge in [0, 0.05) is 0 Å². The van der Waals surface area contributed by atoms with Gasteiger partial charge in [-0.15, -0.1) is 9.05 Å². The van der Waals surface area contributed by atoms with Crippen LogP contribution in [0.1, 0.15) is 51.4 Å².